The molecule has 5 heteroatoms. The van der Waals surface area contributed by atoms with Gasteiger partial charge in [-0.3, -0.25) is 9.59 Å². The molecule has 1 aliphatic heterocycles. The first kappa shape index (κ1) is 10.5. The van der Waals surface area contributed by atoms with Crippen LogP contribution in [0, 0.1) is 11.3 Å². The Morgan fingerprint density at radius 1 is 1.57 bits per heavy atom. The summed E-state index contributed by atoms with van der Waals surface area (Å²) in [5, 5.41) is 11.1. The Kier molecular flexibility index (Phi) is 2.47. The van der Waals surface area contributed by atoms with E-state index in [2.05, 4.69) is 5.32 Å². The second kappa shape index (κ2) is 3.29. The van der Waals surface area contributed by atoms with E-state index in [4.69, 9.17) is 5.26 Å². The molecule has 0 bridgehead atoms. The van der Waals surface area contributed by atoms with Gasteiger partial charge < -0.3 is 10.2 Å². The van der Waals surface area contributed by atoms with E-state index in [-0.39, 0.29) is 17.9 Å². The fourth-order valence-corrected chi connectivity index (χ4v) is 1.33. The SMILES string of the molecule is CC(=O)NC(C)(C)C(=O)N1CC1C#N. The van der Waals surface area contributed by atoms with Crippen LogP contribution in [0.5, 0.6) is 0 Å². The maximum absolute atomic E-state index is 11.7. The number of carbonyl (C=O) groups is 2. The van der Waals surface area contributed by atoms with Crippen LogP contribution in [0.2, 0.25) is 0 Å². The van der Waals surface area contributed by atoms with E-state index in [9.17, 15) is 9.59 Å². The predicted octanol–water partition coefficient (Wildman–Crippen LogP) is -0.365. The van der Waals surface area contributed by atoms with Crippen molar-refractivity contribution in [3.05, 3.63) is 0 Å². The zero-order chi connectivity index (χ0) is 10.9. The Bertz CT molecular complexity index is 317. The Morgan fingerprint density at radius 2 is 2.14 bits per heavy atom. The molecule has 5 nitrogen and oxygen atoms in total. The first-order chi connectivity index (χ1) is 6.38. The zero-order valence-electron chi connectivity index (χ0n) is 8.50. The van der Waals surface area contributed by atoms with E-state index in [0.29, 0.717) is 6.54 Å². The molecule has 1 atom stereocenters. The highest BCUT2D eigenvalue weighted by Crippen LogP contribution is 2.21. The third kappa shape index (κ3) is 2.02. The Morgan fingerprint density at radius 3 is 2.50 bits per heavy atom. The molecule has 0 aromatic carbocycles. The second-order valence-electron chi connectivity index (χ2n) is 3.91. The highest BCUT2D eigenvalue weighted by atomic mass is 16.2. The van der Waals surface area contributed by atoms with E-state index < -0.39 is 5.54 Å². The number of nitrogens with zero attached hydrogens (tertiary/aromatic N) is 2. The lowest BCUT2D eigenvalue weighted by molar-refractivity contribution is -0.135. The number of hydrogen-bond acceptors (Lipinski definition) is 3. The van der Waals surface area contributed by atoms with Crippen molar-refractivity contribution in [3.8, 4) is 6.07 Å². The second-order valence-corrected chi connectivity index (χ2v) is 3.91. The monoisotopic (exact) mass is 195 g/mol. The van der Waals surface area contributed by atoms with Gasteiger partial charge in [0.2, 0.25) is 11.8 Å². The van der Waals surface area contributed by atoms with Crippen LogP contribution in [0.25, 0.3) is 0 Å². The summed E-state index contributed by atoms with van der Waals surface area (Å²) in [6, 6.07) is 1.68. The topological polar surface area (TPSA) is 73.0 Å². The standard InChI is InChI=1S/C9H13N3O2/c1-6(13)11-9(2,3)8(14)12-5-7(12)4-10/h7H,5H2,1-3H3,(H,11,13). The van der Waals surface area contributed by atoms with Crippen LogP contribution < -0.4 is 5.32 Å². The van der Waals surface area contributed by atoms with Crippen molar-refractivity contribution in [3.63, 3.8) is 0 Å². The highest BCUT2D eigenvalue weighted by Gasteiger charge is 2.45. The number of amides is 2. The highest BCUT2D eigenvalue weighted by molar-refractivity contribution is 5.92. The van der Waals surface area contributed by atoms with Crippen LogP contribution in [0.1, 0.15) is 20.8 Å². The largest absolute Gasteiger partial charge is 0.342 e. The average Bonchev–Trinajstić information content (AvgIpc) is 2.78. The van der Waals surface area contributed by atoms with Crippen LogP contribution in [0.3, 0.4) is 0 Å². The first-order valence-corrected chi connectivity index (χ1v) is 4.38. The summed E-state index contributed by atoms with van der Waals surface area (Å²) in [5.41, 5.74) is -0.919. The molecule has 0 spiro atoms. The molecule has 1 heterocycles. The molecular formula is C9H13N3O2. The molecule has 2 amide bonds. The van der Waals surface area contributed by atoms with Crippen molar-refractivity contribution < 1.29 is 9.59 Å². The van der Waals surface area contributed by atoms with Crippen LogP contribution in [0.4, 0.5) is 0 Å². The van der Waals surface area contributed by atoms with E-state index in [1.165, 1.54) is 11.8 Å². The van der Waals surface area contributed by atoms with E-state index in [0.717, 1.165) is 0 Å². The van der Waals surface area contributed by atoms with Crippen LogP contribution in [0.15, 0.2) is 0 Å². The lowest BCUT2D eigenvalue weighted by Gasteiger charge is -2.24. The molecule has 0 radical (unpaired) electrons. The molecule has 0 aromatic rings. The van der Waals surface area contributed by atoms with E-state index >= 15 is 0 Å². The first-order valence-electron chi connectivity index (χ1n) is 4.38. The molecule has 1 unspecified atom stereocenters. The lowest BCUT2D eigenvalue weighted by atomic mass is 10.0. The number of nitrogens with one attached hydrogen (secondary N) is 1. The molecular weight excluding hydrogens is 182 g/mol. The fraction of sp³-hybridized carbons (Fsp3) is 0.667. The van der Waals surface area contributed by atoms with Crippen molar-refractivity contribution in [2.45, 2.75) is 32.4 Å². The van der Waals surface area contributed by atoms with Gasteiger partial charge in [-0.15, -0.1) is 0 Å². The Balaban J connectivity index is 2.61. The van der Waals surface area contributed by atoms with E-state index in [1.54, 1.807) is 13.8 Å². The summed E-state index contributed by atoms with van der Waals surface area (Å²) in [4.78, 5) is 23.9. The van der Waals surface area contributed by atoms with Gasteiger partial charge in [-0.05, 0) is 13.8 Å². The van der Waals surface area contributed by atoms with Gasteiger partial charge in [-0.2, -0.15) is 5.26 Å². The van der Waals surface area contributed by atoms with Gasteiger partial charge in [0.15, 0.2) is 0 Å². The molecule has 0 saturated carbocycles. The normalized spacial score (nSPS) is 19.9. The Labute approximate surface area is 82.7 Å². The van der Waals surface area contributed by atoms with Gasteiger partial charge >= 0.3 is 0 Å². The summed E-state index contributed by atoms with van der Waals surface area (Å²) in [6.45, 7) is 5.09. The van der Waals surface area contributed by atoms with Gasteiger partial charge in [0.25, 0.3) is 0 Å². The number of carbonyl (C=O) groups excluding carboxylic acids is 2. The summed E-state index contributed by atoms with van der Waals surface area (Å²) < 4.78 is 0. The number of nitriles is 1. The van der Waals surface area contributed by atoms with Gasteiger partial charge in [0, 0.05) is 6.92 Å². The summed E-state index contributed by atoms with van der Waals surface area (Å²) in [6.07, 6.45) is 0. The van der Waals surface area contributed by atoms with Crippen LogP contribution in [-0.4, -0.2) is 34.8 Å². The van der Waals surface area contributed by atoms with Gasteiger partial charge in [-0.1, -0.05) is 0 Å². The summed E-state index contributed by atoms with van der Waals surface area (Å²) in [7, 11) is 0. The van der Waals surface area contributed by atoms with Crippen molar-refractivity contribution in [1.29, 1.82) is 5.26 Å². The van der Waals surface area contributed by atoms with Crippen LogP contribution >= 0.6 is 0 Å². The quantitative estimate of drug-likeness (QED) is 0.611. The summed E-state index contributed by atoms with van der Waals surface area (Å²) in [5.74, 6) is -0.460. The van der Waals surface area contributed by atoms with Crippen LogP contribution in [-0.2, 0) is 9.59 Å². The Hall–Kier alpha value is -1.57. The predicted molar refractivity (Wildman–Crippen MR) is 49.0 cm³/mol. The maximum atomic E-state index is 11.7. The third-order valence-corrected chi connectivity index (χ3v) is 2.05. The molecule has 1 fully saturated rings. The third-order valence-electron chi connectivity index (χ3n) is 2.05. The minimum atomic E-state index is -0.919. The molecule has 0 aromatic heterocycles. The van der Waals surface area contributed by atoms with Gasteiger partial charge in [-0.25, -0.2) is 0 Å². The molecule has 0 aliphatic carbocycles. The molecule has 76 valence electrons. The maximum Gasteiger partial charge on any atom is 0.248 e. The lowest BCUT2D eigenvalue weighted by Crippen LogP contribution is -2.51. The molecule has 1 saturated heterocycles. The molecule has 14 heavy (non-hydrogen) atoms. The zero-order valence-corrected chi connectivity index (χ0v) is 8.50. The number of hydrogen-bond donors (Lipinski definition) is 1. The smallest absolute Gasteiger partial charge is 0.248 e. The molecule has 1 N–H and O–H groups in total. The van der Waals surface area contributed by atoms with Crippen molar-refractivity contribution in [1.82, 2.24) is 10.2 Å². The van der Waals surface area contributed by atoms with Crippen molar-refractivity contribution in [2.75, 3.05) is 6.54 Å². The van der Waals surface area contributed by atoms with E-state index in [1.807, 2.05) is 6.07 Å². The van der Waals surface area contributed by atoms with Crippen molar-refractivity contribution >= 4 is 11.8 Å². The van der Waals surface area contributed by atoms with Gasteiger partial charge in [0.05, 0.1) is 12.6 Å². The minimum absolute atomic E-state index is 0.209. The summed E-state index contributed by atoms with van der Waals surface area (Å²) >= 11 is 0. The molecule has 1 rings (SSSR count). The van der Waals surface area contributed by atoms with Gasteiger partial charge in [0.1, 0.15) is 11.6 Å². The average molecular weight is 195 g/mol. The number of rotatable bonds is 2. The van der Waals surface area contributed by atoms with Crippen molar-refractivity contribution in [2.24, 2.45) is 0 Å². The molecule has 1 aliphatic rings. The minimum Gasteiger partial charge on any atom is -0.342 e. The fourth-order valence-electron chi connectivity index (χ4n) is 1.33.